The predicted octanol–water partition coefficient (Wildman–Crippen LogP) is 5.96. The normalized spacial score (nSPS) is 16.2. The fourth-order valence-corrected chi connectivity index (χ4v) is 4.08. The van der Waals surface area contributed by atoms with E-state index in [1.165, 1.54) is 5.56 Å². The Morgan fingerprint density at radius 3 is 2.13 bits per heavy atom. The number of amides is 1. The zero-order valence-corrected chi connectivity index (χ0v) is 18.3. The van der Waals surface area contributed by atoms with Gasteiger partial charge in [0.15, 0.2) is 5.76 Å². The molecule has 0 aliphatic carbocycles. The van der Waals surface area contributed by atoms with E-state index in [2.05, 4.69) is 19.1 Å². The molecule has 1 amide bonds. The highest BCUT2D eigenvalue weighted by Crippen LogP contribution is 2.44. The Hall–Kier alpha value is -3.24. The van der Waals surface area contributed by atoms with Crippen molar-refractivity contribution >= 4 is 23.1 Å². The van der Waals surface area contributed by atoms with E-state index < -0.39 is 6.04 Å². The number of nitrogens with zero attached hydrogens (tertiary/aromatic N) is 1. The summed E-state index contributed by atoms with van der Waals surface area (Å²) in [5.41, 5.74) is 4.50. The monoisotopic (exact) mass is 433 g/mol. The summed E-state index contributed by atoms with van der Waals surface area (Å²) < 4.78 is 5.26. The van der Waals surface area contributed by atoms with E-state index in [1.54, 1.807) is 24.1 Å². The molecule has 4 nitrogen and oxygen atoms in total. The van der Waals surface area contributed by atoms with Crippen LogP contribution >= 0.6 is 11.6 Å². The van der Waals surface area contributed by atoms with Gasteiger partial charge in [-0.2, -0.15) is 0 Å². The maximum Gasteiger partial charge on any atom is 0.290 e. The van der Waals surface area contributed by atoms with Gasteiger partial charge >= 0.3 is 0 Å². The first-order valence-corrected chi connectivity index (χ1v) is 10.6. The van der Waals surface area contributed by atoms with Crippen molar-refractivity contribution in [2.45, 2.75) is 25.9 Å². The summed E-state index contributed by atoms with van der Waals surface area (Å²) in [5, 5.41) is 11.5. The third-order valence-electron chi connectivity index (χ3n) is 5.67. The Bertz CT molecular complexity index is 1100. The molecule has 3 aromatic rings. The SMILES string of the molecule is CCc1ccc(C2C(c3ccc(OC)cc3)=C(O)C(=O)N2Cc2ccc(Cl)cc2)cc1. The van der Waals surface area contributed by atoms with Crippen molar-refractivity contribution in [1.82, 2.24) is 4.90 Å². The maximum atomic E-state index is 13.2. The van der Waals surface area contributed by atoms with Crippen molar-refractivity contribution in [3.05, 3.63) is 106 Å². The van der Waals surface area contributed by atoms with Crippen LogP contribution in [0.3, 0.4) is 0 Å². The fraction of sp³-hybridized carbons (Fsp3) is 0.192. The predicted molar refractivity (Wildman–Crippen MR) is 123 cm³/mol. The van der Waals surface area contributed by atoms with E-state index in [1.807, 2.05) is 48.5 Å². The number of aliphatic hydroxyl groups is 1. The molecule has 1 heterocycles. The average Bonchev–Trinajstić information content (AvgIpc) is 3.05. The molecular formula is C26H24ClNO3. The van der Waals surface area contributed by atoms with Gasteiger partial charge in [-0.15, -0.1) is 0 Å². The number of carbonyl (C=O) groups is 1. The van der Waals surface area contributed by atoms with Crippen molar-refractivity contribution in [3.8, 4) is 5.75 Å². The highest BCUT2D eigenvalue weighted by molar-refractivity contribution is 6.30. The Morgan fingerprint density at radius 1 is 0.935 bits per heavy atom. The fourth-order valence-electron chi connectivity index (χ4n) is 3.95. The average molecular weight is 434 g/mol. The van der Waals surface area contributed by atoms with E-state index in [-0.39, 0.29) is 11.7 Å². The number of methoxy groups -OCH3 is 1. The molecule has 1 unspecified atom stereocenters. The second kappa shape index (κ2) is 8.86. The van der Waals surface area contributed by atoms with Crippen LogP contribution in [0.5, 0.6) is 5.75 Å². The van der Waals surface area contributed by atoms with Crippen LogP contribution in [0, 0.1) is 0 Å². The summed E-state index contributed by atoms with van der Waals surface area (Å²) >= 11 is 6.02. The van der Waals surface area contributed by atoms with Gasteiger partial charge < -0.3 is 14.7 Å². The summed E-state index contributed by atoms with van der Waals surface area (Å²) in [6.45, 7) is 2.47. The van der Waals surface area contributed by atoms with Gasteiger partial charge in [0, 0.05) is 17.1 Å². The molecule has 3 aromatic carbocycles. The van der Waals surface area contributed by atoms with Crippen LogP contribution < -0.4 is 4.74 Å². The molecule has 1 atom stereocenters. The topological polar surface area (TPSA) is 49.8 Å². The molecule has 1 aliphatic heterocycles. The molecule has 5 heteroatoms. The summed E-state index contributed by atoms with van der Waals surface area (Å²) in [6.07, 6.45) is 0.935. The third-order valence-corrected chi connectivity index (χ3v) is 5.93. The first kappa shape index (κ1) is 21.0. The molecule has 1 aliphatic rings. The maximum absolute atomic E-state index is 13.2. The standard InChI is InChI=1S/C26H24ClNO3/c1-3-17-4-8-20(9-5-17)24-23(19-10-14-22(31-2)15-11-19)25(29)26(30)28(24)16-18-6-12-21(27)13-7-18/h4-15,24,29H,3,16H2,1-2H3. The minimum Gasteiger partial charge on any atom is -0.503 e. The minimum absolute atomic E-state index is 0.219. The number of aliphatic hydroxyl groups excluding tert-OH is 1. The van der Waals surface area contributed by atoms with Gasteiger partial charge in [-0.05, 0) is 52.9 Å². The number of benzene rings is 3. The molecule has 4 rings (SSSR count). The highest BCUT2D eigenvalue weighted by Gasteiger charge is 2.41. The van der Waals surface area contributed by atoms with Crippen LogP contribution in [0.15, 0.2) is 78.6 Å². The summed E-state index contributed by atoms with van der Waals surface area (Å²) in [6, 6.07) is 22.6. The minimum atomic E-state index is -0.400. The quantitative estimate of drug-likeness (QED) is 0.521. The summed E-state index contributed by atoms with van der Waals surface area (Å²) in [4.78, 5) is 14.9. The number of halogens is 1. The van der Waals surface area contributed by atoms with Crippen LogP contribution in [0.25, 0.3) is 5.57 Å². The Balaban J connectivity index is 1.78. The van der Waals surface area contributed by atoms with Gasteiger partial charge in [0.1, 0.15) is 5.75 Å². The lowest BCUT2D eigenvalue weighted by atomic mass is 9.92. The van der Waals surface area contributed by atoms with Gasteiger partial charge in [-0.1, -0.05) is 67.1 Å². The van der Waals surface area contributed by atoms with E-state index >= 15 is 0 Å². The van der Waals surface area contributed by atoms with Crippen LogP contribution in [0.2, 0.25) is 5.02 Å². The molecule has 0 radical (unpaired) electrons. The van der Waals surface area contributed by atoms with Crippen molar-refractivity contribution < 1.29 is 14.6 Å². The first-order valence-electron chi connectivity index (χ1n) is 10.2. The summed E-state index contributed by atoms with van der Waals surface area (Å²) in [5.74, 6) is 0.115. The van der Waals surface area contributed by atoms with Crippen LogP contribution in [-0.2, 0) is 17.8 Å². The highest BCUT2D eigenvalue weighted by atomic mass is 35.5. The smallest absolute Gasteiger partial charge is 0.290 e. The number of aryl methyl sites for hydroxylation is 1. The number of ether oxygens (including phenoxy) is 1. The second-order valence-corrected chi connectivity index (χ2v) is 7.98. The Kier molecular flexibility index (Phi) is 6.01. The van der Waals surface area contributed by atoms with Crippen molar-refractivity contribution in [1.29, 1.82) is 0 Å². The van der Waals surface area contributed by atoms with Gasteiger partial charge in [-0.3, -0.25) is 4.79 Å². The number of hydrogen-bond donors (Lipinski definition) is 1. The van der Waals surface area contributed by atoms with Gasteiger partial charge in [0.2, 0.25) is 0 Å². The molecule has 0 aromatic heterocycles. The lowest BCUT2D eigenvalue weighted by molar-refractivity contribution is -0.130. The Morgan fingerprint density at radius 2 is 1.55 bits per heavy atom. The van der Waals surface area contributed by atoms with Crippen molar-refractivity contribution in [2.75, 3.05) is 7.11 Å². The first-order chi connectivity index (χ1) is 15.0. The molecule has 31 heavy (non-hydrogen) atoms. The zero-order valence-electron chi connectivity index (χ0n) is 17.5. The molecule has 1 N–H and O–H groups in total. The number of rotatable bonds is 6. The molecule has 0 spiro atoms. The largest absolute Gasteiger partial charge is 0.503 e. The van der Waals surface area contributed by atoms with Gasteiger partial charge in [0.05, 0.1) is 13.2 Å². The zero-order chi connectivity index (χ0) is 22.0. The van der Waals surface area contributed by atoms with Crippen LogP contribution in [0.1, 0.15) is 35.2 Å². The van der Waals surface area contributed by atoms with E-state index in [0.29, 0.717) is 17.1 Å². The lowest BCUT2D eigenvalue weighted by Crippen LogP contribution is -2.29. The Labute approximate surface area is 187 Å². The van der Waals surface area contributed by atoms with Crippen LogP contribution in [0.4, 0.5) is 0 Å². The van der Waals surface area contributed by atoms with Crippen molar-refractivity contribution in [2.24, 2.45) is 0 Å². The van der Waals surface area contributed by atoms with Crippen molar-refractivity contribution in [3.63, 3.8) is 0 Å². The van der Waals surface area contributed by atoms with Gasteiger partial charge in [0.25, 0.3) is 5.91 Å². The van der Waals surface area contributed by atoms with Gasteiger partial charge in [-0.25, -0.2) is 0 Å². The molecule has 0 bridgehead atoms. The molecule has 0 fully saturated rings. The molecule has 0 saturated heterocycles. The van der Waals surface area contributed by atoms with E-state index in [4.69, 9.17) is 16.3 Å². The van der Waals surface area contributed by atoms with E-state index in [9.17, 15) is 9.90 Å². The molecular weight excluding hydrogens is 410 g/mol. The molecule has 0 saturated carbocycles. The lowest BCUT2D eigenvalue weighted by Gasteiger charge is -2.28. The summed E-state index contributed by atoms with van der Waals surface area (Å²) in [7, 11) is 1.61. The second-order valence-electron chi connectivity index (χ2n) is 7.55. The molecule has 158 valence electrons. The van der Waals surface area contributed by atoms with E-state index in [0.717, 1.165) is 28.9 Å². The number of hydrogen-bond acceptors (Lipinski definition) is 3. The number of carbonyl (C=O) groups excluding carboxylic acids is 1. The third kappa shape index (κ3) is 4.17. The van der Waals surface area contributed by atoms with Crippen LogP contribution in [-0.4, -0.2) is 23.0 Å².